The Bertz CT molecular complexity index is 686. The first-order chi connectivity index (χ1) is 12.6. The van der Waals surface area contributed by atoms with Crippen LogP contribution in [0.4, 0.5) is 0 Å². The van der Waals surface area contributed by atoms with Crippen molar-refractivity contribution in [2.75, 3.05) is 26.0 Å². The largest absolute Gasteiger partial charge is 0.416 e. The van der Waals surface area contributed by atoms with E-state index in [1.54, 1.807) is 4.90 Å². The number of aromatic nitrogens is 2. The maximum Gasteiger partial charge on any atom is 0.260 e. The van der Waals surface area contributed by atoms with E-state index in [0.717, 1.165) is 0 Å². The molecule has 0 saturated carbocycles. The van der Waals surface area contributed by atoms with E-state index >= 15 is 0 Å². The minimum absolute atomic E-state index is 0.0862. The fraction of sp³-hybridized carbons (Fsp3) is 0.737. The molecule has 0 unspecified atom stereocenters. The highest BCUT2D eigenvalue weighted by atomic mass is 35.5. The summed E-state index contributed by atoms with van der Waals surface area (Å²) in [4.78, 5) is 23.1. The Labute approximate surface area is 185 Å². The number of carbonyl (C=O) groups excluding carboxylic acids is 1. The molecule has 0 fully saturated rings. The average molecular weight is 467 g/mol. The van der Waals surface area contributed by atoms with E-state index in [0.29, 0.717) is 24.9 Å². The zero-order valence-electron chi connectivity index (χ0n) is 18.4. The van der Waals surface area contributed by atoms with Crippen molar-refractivity contribution in [3.8, 4) is 0 Å². The summed E-state index contributed by atoms with van der Waals surface area (Å²) < 4.78 is 6.39. The summed E-state index contributed by atoms with van der Waals surface area (Å²) >= 11 is 13.8. The lowest BCUT2D eigenvalue weighted by molar-refractivity contribution is 0.0625. The van der Waals surface area contributed by atoms with Gasteiger partial charge in [-0.2, -0.15) is 0 Å². The molecule has 1 amide bonds. The number of rotatable bonds is 8. The van der Waals surface area contributed by atoms with Gasteiger partial charge >= 0.3 is 0 Å². The number of carbonyl (C=O) groups is 1. The molecule has 0 aliphatic carbocycles. The van der Waals surface area contributed by atoms with Crippen molar-refractivity contribution in [1.82, 2.24) is 14.9 Å². The van der Waals surface area contributed by atoms with Crippen LogP contribution in [0.15, 0.2) is 5.16 Å². The Morgan fingerprint density at radius 2 is 1.64 bits per heavy atom. The van der Waals surface area contributed by atoms with Crippen LogP contribution in [0.5, 0.6) is 0 Å². The van der Waals surface area contributed by atoms with Gasteiger partial charge in [0.2, 0.25) is 0 Å². The van der Waals surface area contributed by atoms with Crippen molar-refractivity contribution in [3.63, 3.8) is 0 Å². The van der Waals surface area contributed by atoms with Gasteiger partial charge in [-0.05, 0) is 31.3 Å². The smallest absolute Gasteiger partial charge is 0.260 e. The van der Waals surface area contributed by atoms with Crippen molar-refractivity contribution < 1.29 is 9.22 Å². The summed E-state index contributed by atoms with van der Waals surface area (Å²) in [6, 6.07) is 0. The monoisotopic (exact) mass is 465 g/mol. The molecule has 0 saturated heterocycles. The van der Waals surface area contributed by atoms with Gasteiger partial charge < -0.3 is 9.33 Å². The summed E-state index contributed by atoms with van der Waals surface area (Å²) in [5.41, 5.74) is -0.0654. The Morgan fingerprint density at radius 3 is 2.04 bits per heavy atom. The lowest BCUT2D eigenvalue weighted by Crippen LogP contribution is -2.46. The van der Waals surface area contributed by atoms with E-state index in [2.05, 4.69) is 57.7 Å². The summed E-state index contributed by atoms with van der Waals surface area (Å²) in [5.74, 6) is -0.259. The molecule has 0 radical (unpaired) electrons. The van der Waals surface area contributed by atoms with Gasteiger partial charge in [0, 0.05) is 25.1 Å². The van der Waals surface area contributed by atoms with Crippen LogP contribution in [0.2, 0.25) is 28.4 Å². The molecule has 0 atom stereocenters. The third-order valence-corrected chi connectivity index (χ3v) is 10.7. The maximum absolute atomic E-state index is 13.1. The highest BCUT2D eigenvalue weighted by Gasteiger charge is 2.39. The average Bonchev–Trinajstić information content (AvgIpc) is 2.56. The zero-order chi connectivity index (χ0) is 21.9. The van der Waals surface area contributed by atoms with Crippen molar-refractivity contribution in [3.05, 3.63) is 15.9 Å². The van der Waals surface area contributed by atoms with Gasteiger partial charge in [0.25, 0.3) is 5.91 Å². The third-order valence-electron chi connectivity index (χ3n) is 5.11. The van der Waals surface area contributed by atoms with Crippen molar-refractivity contribution >= 4 is 49.2 Å². The van der Waals surface area contributed by atoms with E-state index in [9.17, 15) is 4.79 Å². The molecule has 0 aliphatic rings. The van der Waals surface area contributed by atoms with Crippen molar-refractivity contribution in [1.29, 1.82) is 0 Å². The number of nitrogens with zero attached hydrogens (tertiary/aromatic N) is 3. The standard InChI is InChI=1S/C19H33Cl2N3O2SSi/c1-10-24(11-19(5,6)12-26-28(8,9)18(2,3)4)16(25)13-14(20)22-17(27-7)23-15(13)21/h10-12H2,1-9H3. The summed E-state index contributed by atoms with van der Waals surface area (Å²) in [7, 11) is -1.86. The second-order valence-corrected chi connectivity index (χ2v) is 15.5. The summed E-state index contributed by atoms with van der Waals surface area (Å²) in [6.45, 7) is 18.9. The number of hydrogen-bond acceptors (Lipinski definition) is 5. The Morgan fingerprint density at radius 1 is 1.14 bits per heavy atom. The van der Waals surface area contributed by atoms with Gasteiger partial charge in [-0.15, -0.1) is 0 Å². The normalized spacial score (nSPS) is 13.0. The van der Waals surface area contributed by atoms with Gasteiger partial charge in [-0.3, -0.25) is 4.79 Å². The molecule has 1 rings (SSSR count). The van der Waals surface area contributed by atoms with Crippen LogP contribution >= 0.6 is 35.0 Å². The predicted octanol–water partition coefficient (Wildman–Crippen LogP) is 6.02. The summed E-state index contributed by atoms with van der Waals surface area (Å²) in [5, 5.41) is 0.754. The van der Waals surface area contributed by atoms with Gasteiger partial charge in [0.15, 0.2) is 13.5 Å². The number of hydrogen-bond donors (Lipinski definition) is 0. The maximum atomic E-state index is 13.1. The molecule has 1 aromatic heterocycles. The van der Waals surface area contributed by atoms with Crippen molar-refractivity contribution in [2.24, 2.45) is 5.41 Å². The van der Waals surface area contributed by atoms with Crippen LogP contribution < -0.4 is 0 Å². The SMILES string of the molecule is CCN(CC(C)(C)CO[Si](C)(C)C(C)(C)C)C(=O)c1c(Cl)nc(SC)nc1Cl. The second-order valence-electron chi connectivity index (χ2n) is 9.20. The van der Waals surface area contributed by atoms with E-state index in [-0.39, 0.29) is 32.2 Å². The second kappa shape index (κ2) is 9.64. The first-order valence-corrected chi connectivity index (χ1v) is 14.2. The molecular weight excluding hydrogens is 433 g/mol. The Hall–Kier alpha value is -0.343. The molecule has 0 bridgehead atoms. The van der Waals surface area contributed by atoms with E-state index in [4.69, 9.17) is 27.6 Å². The summed E-state index contributed by atoms with van der Waals surface area (Å²) in [6.07, 6.45) is 1.83. The molecule has 0 aromatic carbocycles. The predicted molar refractivity (Wildman–Crippen MR) is 122 cm³/mol. The molecule has 160 valence electrons. The van der Waals surface area contributed by atoms with E-state index in [1.807, 2.05) is 13.2 Å². The first-order valence-electron chi connectivity index (χ1n) is 9.35. The molecule has 9 heteroatoms. The van der Waals surface area contributed by atoms with E-state index in [1.165, 1.54) is 11.8 Å². The van der Waals surface area contributed by atoms with Gasteiger partial charge in [0.1, 0.15) is 15.9 Å². The molecule has 0 aliphatic heterocycles. The molecule has 1 aromatic rings. The van der Waals surface area contributed by atoms with Crippen LogP contribution in [0.3, 0.4) is 0 Å². The highest BCUT2D eigenvalue weighted by Crippen LogP contribution is 2.37. The quantitative estimate of drug-likeness (QED) is 0.203. The van der Waals surface area contributed by atoms with Gasteiger partial charge in [0.05, 0.1) is 0 Å². The van der Waals surface area contributed by atoms with Gasteiger partial charge in [-0.25, -0.2) is 9.97 Å². The Balaban J connectivity index is 2.98. The van der Waals surface area contributed by atoms with Crippen LogP contribution in [0.1, 0.15) is 51.9 Å². The van der Waals surface area contributed by atoms with Crippen molar-refractivity contribution in [2.45, 2.75) is 64.8 Å². The molecule has 0 N–H and O–H groups in total. The molecule has 1 heterocycles. The third kappa shape index (κ3) is 6.59. The lowest BCUT2D eigenvalue weighted by atomic mass is 9.94. The molecular formula is C19H33Cl2N3O2SSi. The number of thioether (sulfide) groups is 1. The fourth-order valence-electron chi connectivity index (χ4n) is 2.30. The fourth-order valence-corrected chi connectivity index (χ4v) is 4.50. The highest BCUT2D eigenvalue weighted by molar-refractivity contribution is 7.98. The number of amides is 1. The minimum atomic E-state index is -1.86. The molecule has 28 heavy (non-hydrogen) atoms. The van der Waals surface area contributed by atoms with Crippen LogP contribution in [0, 0.1) is 5.41 Å². The lowest BCUT2D eigenvalue weighted by Gasteiger charge is -2.40. The van der Waals surface area contributed by atoms with Crippen LogP contribution in [-0.4, -0.2) is 55.0 Å². The Kier molecular flexibility index (Phi) is 8.85. The number of halogens is 2. The van der Waals surface area contributed by atoms with E-state index < -0.39 is 8.32 Å². The van der Waals surface area contributed by atoms with Crippen LogP contribution in [-0.2, 0) is 4.43 Å². The topological polar surface area (TPSA) is 55.3 Å². The van der Waals surface area contributed by atoms with Crippen LogP contribution in [0.25, 0.3) is 0 Å². The van der Waals surface area contributed by atoms with Gasteiger partial charge in [-0.1, -0.05) is 69.6 Å². The molecule has 0 spiro atoms. The first kappa shape index (κ1) is 25.7. The molecule has 5 nitrogen and oxygen atoms in total. The minimum Gasteiger partial charge on any atom is -0.416 e. The zero-order valence-corrected chi connectivity index (χ0v) is 21.8.